The molecular weight excluding hydrogens is 410 g/mol. The van der Waals surface area contributed by atoms with E-state index in [0.717, 1.165) is 34.7 Å². The molecule has 31 heavy (non-hydrogen) atoms. The van der Waals surface area contributed by atoms with Gasteiger partial charge in [-0.1, -0.05) is 30.3 Å². The first-order chi connectivity index (χ1) is 15.1. The van der Waals surface area contributed by atoms with Crippen LogP contribution in [0.2, 0.25) is 0 Å². The summed E-state index contributed by atoms with van der Waals surface area (Å²) in [5, 5.41) is 8.34. The van der Waals surface area contributed by atoms with Gasteiger partial charge in [-0.15, -0.1) is 11.3 Å². The summed E-state index contributed by atoms with van der Waals surface area (Å²) in [5.74, 6) is 0.299. The van der Waals surface area contributed by atoms with Gasteiger partial charge in [-0.25, -0.2) is 4.98 Å². The van der Waals surface area contributed by atoms with E-state index in [1.54, 1.807) is 5.38 Å². The zero-order valence-electron chi connectivity index (χ0n) is 17.3. The largest absolute Gasteiger partial charge is 0.494 e. The molecule has 1 heterocycles. The quantitative estimate of drug-likeness (QED) is 0.535. The molecule has 1 atom stereocenters. The molecule has 1 aromatic heterocycles. The van der Waals surface area contributed by atoms with Gasteiger partial charge in [0.1, 0.15) is 22.5 Å². The summed E-state index contributed by atoms with van der Waals surface area (Å²) in [7, 11) is 0. The van der Waals surface area contributed by atoms with Crippen LogP contribution >= 0.6 is 11.3 Å². The Morgan fingerprint density at radius 3 is 2.55 bits per heavy atom. The topological polar surface area (TPSA) is 80.3 Å². The number of amides is 2. The fourth-order valence-electron chi connectivity index (χ4n) is 3.19. The average Bonchev–Trinajstić information content (AvgIpc) is 3.46. The molecule has 1 aliphatic carbocycles. The van der Waals surface area contributed by atoms with Gasteiger partial charge in [0.2, 0.25) is 5.91 Å². The van der Waals surface area contributed by atoms with E-state index >= 15 is 0 Å². The number of rotatable bonds is 9. The van der Waals surface area contributed by atoms with E-state index in [1.807, 2.05) is 61.5 Å². The maximum atomic E-state index is 12.9. The van der Waals surface area contributed by atoms with Gasteiger partial charge in [-0.05, 0) is 49.6 Å². The van der Waals surface area contributed by atoms with Crippen LogP contribution in [0.3, 0.4) is 0 Å². The van der Waals surface area contributed by atoms with Crippen LogP contribution in [0.4, 0.5) is 0 Å². The fourth-order valence-corrected chi connectivity index (χ4v) is 4.00. The van der Waals surface area contributed by atoms with Crippen molar-refractivity contribution in [3.63, 3.8) is 0 Å². The van der Waals surface area contributed by atoms with E-state index < -0.39 is 6.04 Å². The predicted molar refractivity (Wildman–Crippen MR) is 121 cm³/mol. The summed E-state index contributed by atoms with van der Waals surface area (Å²) in [4.78, 5) is 30.1. The van der Waals surface area contributed by atoms with E-state index in [9.17, 15) is 9.59 Å². The normalized spacial score (nSPS) is 14.0. The fraction of sp³-hybridized carbons (Fsp3) is 0.292. The number of hydrogen-bond donors (Lipinski definition) is 2. The predicted octanol–water partition coefficient (Wildman–Crippen LogP) is 3.83. The first kappa shape index (κ1) is 21.1. The highest BCUT2D eigenvalue weighted by atomic mass is 32.1. The standard InChI is InChI=1S/C24H25N3O3S/c1-2-30-19-12-8-17(9-13-19)24-27-21(15-31-24)23(29)26-20(22(28)25-18-10-11-18)14-16-6-4-3-5-7-16/h3-9,12-13,15,18,20H,2,10-11,14H2,1H3,(H,25,28)(H,26,29). The van der Waals surface area contributed by atoms with E-state index in [1.165, 1.54) is 11.3 Å². The first-order valence-electron chi connectivity index (χ1n) is 10.5. The number of aromatic nitrogens is 1. The van der Waals surface area contributed by atoms with Crippen molar-refractivity contribution >= 4 is 23.2 Å². The highest BCUT2D eigenvalue weighted by Crippen LogP contribution is 2.26. The highest BCUT2D eigenvalue weighted by Gasteiger charge is 2.29. The minimum Gasteiger partial charge on any atom is -0.494 e. The zero-order valence-corrected chi connectivity index (χ0v) is 18.2. The minimum atomic E-state index is -0.647. The maximum Gasteiger partial charge on any atom is 0.271 e. The Balaban J connectivity index is 1.45. The van der Waals surface area contributed by atoms with Gasteiger partial charge in [-0.2, -0.15) is 0 Å². The Bertz CT molecular complexity index is 1030. The third-order valence-electron chi connectivity index (χ3n) is 4.98. The van der Waals surface area contributed by atoms with Crippen LogP contribution in [0.15, 0.2) is 60.0 Å². The molecule has 1 fully saturated rings. The lowest BCUT2D eigenvalue weighted by Gasteiger charge is -2.18. The molecular formula is C24H25N3O3S. The minimum absolute atomic E-state index is 0.151. The van der Waals surface area contributed by atoms with E-state index in [4.69, 9.17) is 4.74 Å². The number of thiazole rings is 1. The third-order valence-corrected chi connectivity index (χ3v) is 5.87. The van der Waals surface area contributed by atoms with Crippen molar-refractivity contribution in [2.45, 2.75) is 38.3 Å². The Morgan fingerprint density at radius 1 is 1.13 bits per heavy atom. The Hall–Kier alpha value is -3.19. The van der Waals surface area contributed by atoms with E-state index in [2.05, 4.69) is 15.6 Å². The molecule has 2 N–H and O–H groups in total. The zero-order chi connectivity index (χ0) is 21.6. The van der Waals surface area contributed by atoms with Gasteiger partial charge >= 0.3 is 0 Å². The second-order valence-electron chi connectivity index (χ2n) is 7.49. The lowest BCUT2D eigenvalue weighted by atomic mass is 10.0. The molecule has 1 saturated carbocycles. The average molecular weight is 436 g/mol. The van der Waals surface area contributed by atoms with Gasteiger partial charge in [0.25, 0.3) is 5.91 Å². The molecule has 0 saturated heterocycles. The smallest absolute Gasteiger partial charge is 0.271 e. The summed E-state index contributed by atoms with van der Waals surface area (Å²) in [5.41, 5.74) is 2.22. The summed E-state index contributed by atoms with van der Waals surface area (Å²) < 4.78 is 5.47. The third kappa shape index (κ3) is 5.70. The van der Waals surface area contributed by atoms with Gasteiger partial charge in [0.05, 0.1) is 6.61 Å². The SMILES string of the molecule is CCOc1ccc(-c2nc(C(=O)NC(Cc3ccccc3)C(=O)NC3CC3)cs2)cc1. The van der Waals surface area contributed by atoms with Gasteiger partial charge < -0.3 is 15.4 Å². The van der Waals surface area contributed by atoms with Crippen LogP contribution in [0.1, 0.15) is 35.8 Å². The lowest BCUT2D eigenvalue weighted by molar-refractivity contribution is -0.123. The second kappa shape index (κ2) is 9.75. The molecule has 7 heteroatoms. The Morgan fingerprint density at radius 2 is 1.87 bits per heavy atom. The van der Waals surface area contributed by atoms with E-state index in [0.29, 0.717) is 18.7 Å². The molecule has 160 valence electrons. The monoisotopic (exact) mass is 435 g/mol. The van der Waals surface area contributed by atoms with E-state index in [-0.39, 0.29) is 17.9 Å². The number of carbonyl (C=O) groups excluding carboxylic acids is 2. The maximum absolute atomic E-state index is 12.9. The number of hydrogen-bond acceptors (Lipinski definition) is 5. The first-order valence-corrected chi connectivity index (χ1v) is 11.3. The van der Waals surface area contributed by atoms with Crippen molar-refractivity contribution in [1.29, 1.82) is 0 Å². The molecule has 4 rings (SSSR count). The van der Waals surface area contributed by atoms with Gasteiger partial charge in [0, 0.05) is 23.4 Å². The summed E-state index contributed by atoms with van der Waals surface area (Å²) in [6.07, 6.45) is 2.42. The van der Waals surface area contributed by atoms with Gasteiger partial charge in [0.15, 0.2) is 0 Å². The summed E-state index contributed by atoms with van der Waals surface area (Å²) >= 11 is 1.40. The number of carbonyl (C=O) groups is 2. The molecule has 2 amide bonds. The Kier molecular flexibility index (Phi) is 6.62. The number of benzene rings is 2. The molecule has 2 aromatic carbocycles. The molecule has 1 unspecified atom stereocenters. The van der Waals surface area contributed by atoms with Crippen LogP contribution in [0, 0.1) is 0 Å². The van der Waals surface area contributed by atoms with Crippen LogP contribution in [-0.2, 0) is 11.2 Å². The number of ether oxygens (including phenoxy) is 1. The van der Waals surface area contributed by atoms with Crippen LogP contribution in [0.25, 0.3) is 10.6 Å². The van der Waals surface area contributed by atoms with Crippen molar-refractivity contribution < 1.29 is 14.3 Å². The van der Waals surface area contributed by atoms with Crippen molar-refractivity contribution in [2.75, 3.05) is 6.61 Å². The highest BCUT2D eigenvalue weighted by molar-refractivity contribution is 7.13. The molecule has 0 bridgehead atoms. The molecule has 3 aromatic rings. The van der Waals surface area contributed by atoms with Crippen molar-refractivity contribution in [3.05, 3.63) is 71.2 Å². The van der Waals surface area contributed by atoms with Crippen molar-refractivity contribution in [1.82, 2.24) is 15.6 Å². The van der Waals surface area contributed by atoms with Crippen LogP contribution < -0.4 is 15.4 Å². The number of nitrogens with one attached hydrogen (secondary N) is 2. The molecule has 0 radical (unpaired) electrons. The lowest BCUT2D eigenvalue weighted by Crippen LogP contribution is -2.48. The molecule has 0 aliphatic heterocycles. The molecule has 0 spiro atoms. The summed E-state index contributed by atoms with van der Waals surface area (Å²) in [6, 6.07) is 16.9. The second-order valence-corrected chi connectivity index (χ2v) is 8.35. The summed E-state index contributed by atoms with van der Waals surface area (Å²) in [6.45, 7) is 2.55. The Labute approximate surface area is 185 Å². The molecule has 6 nitrogen and oxygen atoms in total. The van der Waals surface area contributed by atoms with Crippen LogP contribution in [-0.4, -0.2) is 35.5 Å². The van der Waals surface area contributed by atoms with Crippen LogP contribution in [0.5, 0.6) is 5.75 Å². The number of nitrogens with zero attached hydrogens (tertiary/aromatic N) is 1. The van der Waals surface area contributed by atoms with Gasteiger partial charge in [-0.3, -0.25) is 9.59 Å². The van der Waals surface area contributed by atoms with Crippen molar-refractivity contribution in [2.24, 2.45) is 0 Å². The van der Waals surface area contributed by atoms with Crippen molar-refractivity contribution in [3.8, 4) is 16.3 Å². The molecule has 1 aliphatic rings.